The summed E-state index contributed by atoms with van der Waals surface area (Å²) in [4.78, 5) is 0. The Morgan fingerprint density at radius 2 is 2.20 bits per heavy atom. The molecular weight excluding hydrogens is 190 g/mol. The summed E-state index contributed by atoms with van der Waals surface area (Å²) >= 11 is 0. The molecule has 1 N–H and O–H groups in total. The van der Waals surface area contributed by atoms with Crippen LogP contribution in [-0.4, -0.2) is 13.2 Å². The summed E-state index contributed by atoms with van der Waals surface area (Å²) in [7, 11) is 0. The van der Waals surface area contributed by atoms with Gasteiger partial charge in [0.05, 0.1) is 19.4 Å². The van der Waals surface area contributed by atoms with Crippen LogP contribution in [0.15, 0.2) is 16.7 Å². The van der Waals surface area contributed by atoms with Crippen LogP contribution in [0.1, 0.15) is 38.0 Å². The van der Waals surface area contributed by atoms with Crippen molar-refractivity contribution in [2.45, 2.75) is 39.8 Å². The molecule has 86 valence electrons. The Morgan fingerprint density at radius 3 is 2.93 bits per heavy atom. The molecule has 0 atom stereocenters. The van der Waals surface area contributed by atoms with Crippen molar-refractivity contribution in [2.75, 3.05) is 13.2 Å². The molecule has 15 heavy (non-hydrogen) atoms. The van der Waals surface area contributed by atoms with E-state index in [2.05, 4.69) is 19.2 Å². The summed E-state index contributed by atoms with van der Waals surface area (Å²) in [6.07, 6.45) is 3.93. The van der Waals surface area contributed by atoms with Gasteiger partial charge in [-0.05, 0) is 25.5 Å². The molecule has 0 aliphatic heterocycles. The number of rotatable bonds is 8. The van der Waals surface area contributed by atoms with Gasteiger partial charge >= 0.3 is 0 Å². The smallest absolute Gasteiger partial charge is 0.123 e. The molecular formula is C12H21NO2. The quantitative estimate of drug-likeness (QED) is 0.671. The molecule has 0 radical (unpaired) electrons. The Balaban J connectivity index is 2.32. The molecule has 0 unspecified atom stereocenters. The minimum Gasteiger partial charge on any atom is -0.468 e. The Morgan fingerprint density at radius 1 is 1.33 bits per heavy atom. The highest BCUT2D eigenvalue weighted by atomic mass is 16.5. The van der Waals surface area contributed by atoms with Gasteiger partial charge in [0.15, 0.2) is 0 Å². The normalized spacial score (nSPS) is 10.8. The first-order valence-electron chi connectivity index (χ1n) is 5.72. The van der Waals surface area contributed by atoms with E-state index < -0.39 is 0 Å². The molecule has 0 fully saturated rings. The number of hydrogen-bond acceptors (Lipinski definition) is 3. The summed E-state index contributed by atoms with van der Waals surface area (Å²) in [5.74, 6) is 1.000. The van der Waals surface area contributed by atoms with Gasteiger partial charge in [0, 0.05) is 12.2 Å². The molecule has 0 aliphatic rings. The van der Waals surface area contributed by atoms with Gasteiger partial charge in [0.2, 0.25) is 0 Å². The van der Waals surface area contributed by atoms with E-state index in [4.69, 9.17) is 9.15 Å². The van der Waals surface area contributed by atoms with Gasteiger partial charge in [-0.3, -0.25) is 0 Å². The predicted octanol–water partition coefficient (Wildman–Crippen LogP) is 2.71. The van der Waals surface area contributed by atoms with Gasteiger partial charge < -0.3 is 14.5 Å². The van der Waals surface area contributed by atoms with Crippen LogP contribution >= 0.6 is 0 Å². The largest absolute Gasteiger partial charge is 0.468 e. The first-order chi connectivity index (χ1) is 7.38. The van der Waals surface area contributed by atoms with E-state index in [1.807, 2.05) is 6.07 Å². The van der Waals surface area contributed by atoms with Crippen molar-refractivity contribution in [3.05, 3.63) is 23.7 Å². The van der Waals surface area contributed by atoms with Gasteiger partial charge in [0.25, 0.3) is 0 Å². The second-order valence-electron chi connectivity index (χ2n) is 3.60. The molecule has 1 rings (SSSR count). The second-order valence-corrected chi connectivity index (χ2v) is 3.60. The highest BCUT2D eigenvalue weighted by Crippen LogP contribution is 2.11. The molecule has 1 aromatic rings. The third-order valence-electron chi connectivity index (χ3n) is 2.16. The standard InChI is InChI=1S/C12H21NO2/c1-3-6-13-9-12-11(5-8-15-12)10-14-7-4-2/h5,8,13H,3-4,6-7,9-10H2,1-2H3. The lowest BCUT2D eigenvalue weighted by Gasteiger charge is -2.04. The molecule has 1 aromatic heterocycles. The molecule has 0 aliphatic carbocycles. The van der Waals surface area contributed by atoms with Crippen LogP contribution in [0, 0.1) is 0 Å². The fraction of sp³-hybridized carbons (Fsp3) is 0.667. The lowest BCUT2D eigenvalue weighted by Crippen LogP contribution is -2.14. The van der Waals surface area contributed by atoms with Gasteiger partial charge in [-0.1, -0.05) is 13.8 Å². The molecule has 0 bridgehead atoms. The summed E-state index contributed by atoms with van der Waals surface area (Å²) in [6.45, 7) is 7.56. The first-order valence-corrected chi connectivity index (χ1v) is 5.72. The zero-order valence-corrected chi connectivity index (χ0v) is 9.71. The fourth-order valence-corrected chi connectivity index (χ4v) is 1.36. The van der Waals surface area contributed by atoms with Crippen molar-refractivity contribution in [1.29, 1.82) is 0 Å². The summed E-state index contributed by atoms with van der Waals surface area (Å²) < 4.78 is 10.9. The van der Waals surface area contributed by atoms with Crippen molar-refractivity contribution in [3.63, 3.8) is 0 Å². The highest BCUT2D eigenvalue weighted by Gasteiger charge is 2.05. The first kappa shape index (κ1) is 12.3. The summed E-state index contributed by atoms with van der Waals surface area (Å²) in [5, 5.41) is 3.32. The minimum absolute atomic E-state index is 0.660. The Kier molecular flexibility index (Phi) is 6.12. The molecule has 0 amide bonds. The second kappa shape index (κ2) is 7.49. The monoisotopic (exact) mass is 211 g/mol. The van der Waals surface area contributed by atoms with Crippen LogP contribution in [-0.2, 0) is 17.9 Å². The van der Waals surface area contributed by atoms with Crippen LogP contribution in [0.3, 0.4) is 0 Å². The Bertz CT molecular complexity index is 233. The van der Waals surface area contributed by atoms with E-state index >= 15 is 0 Å². The zero-order valence-electron chi connectivity index (χ0n) is 9.71. The number of nitrogens with one attached hydrogen (secondary N) is 1. The molecule has 3 nitrogen and oxygen atoms in total. The van der Waals surface area contributed by atoms with Crippen LogP contribution in [0.2, 0.25) is 0 Å². The molecule has 3 heteroatoms. The van der Waals surface area contributed by atoms with Crippen LogP contribution in [0.25, 0.3) is 0 Å². The van der Waals surface area contributed by atoms with Gasteiger partial charge in [-0.25, -0.2) is 0 Å². The molecule has 1 heterocycles. The molecule has 0 aromatic carbocycles. The Labute approximate surface area is 91.8 Å². The van der Waals surface area contributed by atoms with Crippen LogP contribution in [0.4, 0.5) is 0 Å². The number of furan rings is 1. The highest BCUT2D eigenvalue weighted by molar-refractivity contribution is 5.15. The third kappa shape index (κ3) is 4.49. The maximum atomic E-state index is 5.49. The van der Waals surface area contributed by atoms with Crippen molar-refractivity contribution < 1.29 is 9.15 Å². The maximum Gasteiger partial charge on any atom is 0.123 e. The van der Waals surface area contributed by atoms with E-state index in [0.717, 1.165) is 43.9 Å². The summed E-state index contributed by atoms with van der Waals surface area (Å²) in [6, 6.07) is 1.98. The molecule has 0 saturated carbocycles. The average Bonchev–Trinajstić information content (AvgIpc) is 2.67. The number of ether oxygens (including phenoxy) is 1. The summed E-state index contributed by atoms with van der Waals surface area (Å²) in [5.41, 5.74) is 1.16. The third-order valence-corrected chi connectivity index (χ3v) is 2.16. The molecule has 0 spiro atoms. The van der Waals surface area contributed by atoms with Crippen molar-refractivity contribution in [1.82, 2.24) is 5.32 Å². The van der Waals surface area contributed by atoms with Crippen LogP contribution < -0.4 is 5.32 Å². The zero-order chi connectivity index (χ0) is 10.9. The predicted molar refractivity (Wildman–Crippen MR) is 60.7 cm³/mol. The average molecular weight is 211 g/mol. The SMILES string of the molecule is CCCNCc1occc1COCCC. The lowest BCUT2D eigenvalue weighted by atomic mass is 10.2. The van der Waals surface area contributed by atoms with Gasteiger partial charge in [-0.15, -0.1) is 0 Å². The topological polar surface area (TPSA) is 34.4 Å². The van der Waals surface area contributed by atoms with E-state index in [9.17, 15) is 0 Å². The Hall–Kier alpha value is -0.800. The van der Waals surface area contributed by atoms with Crippen LogP contribution in [0.5, 0.6) is 0 Å². The van der Waals surface area contributed by atoms with E-state index in [0.29, 0.717) is 6.61 Å². The van der Waals surface area contributed by atoms with E-state index in [-0.39, 0.29) is 0 Å². The van der Waals surface area contributed by atoms with Crippen molar-refractivity contribution >= 4 is 0 Å². The van der Waals surface area contributed by atoms with Gasteiger partial charge in [0.1, 0.15) is 5.76 Å². The maximum absolute atomic E-state index is 5.49. The van der Waals surface area contributed by atoms with Gasteiger partial charge in [-0.2, -0.15) is 0 Å². The fourth-order valence-electron chi connectivity index (χ4n) is 1.36. The molecule has 0 saturated heterocycles. The van der Waals surface area contributed by atoms with E-state index in [1.165, 1.54) is 0 Å². The van der Waals surface area contributed by atoms with E-state index in [1.54, 1.807) is 6.26 Å². The number of hydrogen-bond donors (Lipinski definition) is 1. The minimum atomic E-state index is 0.660. The van der Waals surface area contributed by atoms with Crippen molar-refractivity contribution in [3.8, 4) is 0 Å². The lowest BCUT2D eigenvalue weighted by molar-refractivity contribution is 0.120. The van der Waals surface area contributed by atoms with Crippen molar-refractivity contribution in [2.24, 2.45) is 0 Å².